The van der Waals surface area contributed by atoms with E-state index < -0.39 is 5.66 Å². The van der Waals surface area contributed by atoms with Crippen molar-refractivity contribution >= 4 is 17.7 Å². The van der Waals surface area contributed by atoms with E-state index in [-0.39, 0.29) is 11.3 Å². The molecule has 2 aromatic carbocycles. The molecule has 1 saturated heterocycles. The number of nitrogens with zero attached hydrogens (tertiary/aromatic N) is 1. The Kier molecular flexibility index (Phi) is 4.06. The number of para-hydroxylation sites is 1. The summed E-state index contributed by atoms with van der Waals surface area (Å²) in [4.78, 5) is 14.5. The molecule has 2 aromatic rings. The van der Waals surface area contributed by atoms with E-state index in [9.17, 15) is 4.79 Å². The number of hydrogen-bond donors (Lipinski definition) is 1. The van der Waals surface area contributed by atoms with Crippen molar-refractivity contribution in [2.24, 2.45) is 0 Å². The highest BCUT2D eigenvalue weighted by molar-refractivity contribution is 5.91. The average Bonchev–Trinajstić information content (AvgIpc) is 3.10. The number of hydrogen-bond acceptors (Lipinski definition) is 3. The largest absolute Gasteiger partial charge is 0.490 e. The second-order valence-corrected chi connectivity index (χ2v) is 7.55. The van der Waals surface area contributed by atoms with Gasteiger partial charge in [0.25, 0.3) is 0 Å². The second-order valence-electron chi connectivity index (χ2n) is 7.55. The minimum absolute atomic E-state index is 0.0466. The standard InChI is InChI=1S/C23H24N2O2/c1-4-14-27-18-9-7-8-17(15-18)12-13-23-22(2,3)19-10-5-6-11-20(19)25(23)16-21(26)24-23/h4-13,15H,1,14,16H2,2-3H3,(H,24,26)/t23-/m1/s1. The molecule has 0 radical (unpaired) electrons. The zero-order chi connectivity index (χ0) is 19.1. The highest BCUT2D eigenvalue weighted by Crippen LogP contribution is 2.52. The van der Waals surface area contributed by atoms with Crippen molar-refractivity contribution in [3.63, 3.8) is 0 Å². The van der Waals surface area contributed by atoms with Crippen LogP contribution in [-0.4, -0.2) is 24.7 Å². The maximum absolute atomic E-state index is 12.3. The molecule has 2 aliphatic rings. The molecule has 2 heterocycles. The fourth-order valence-electron chi connectivity index (χ4n) is 4.22. The van der Waals surface area contributed by atoms with E-state index in [4.69, 9.17) is 4.74 Å². The van der Waals surface area contributed by atoms with Crippen molar-refractivity contribution in [3.8, 4) is 5.75 Å². The summed E-state index contributed by atoms with van der Waals surface area (Å²) < 4.78 is 5.63. The number of ether oxygens (including phenoxy) is 1. The predicted molar refractivity (Wildman–Crippen MR) is 109 cm³/mol. The second kappa shape index (κ2) is 6.31. The lowest BCUT2D eigenvalue weighted by atomic mass is 9.75. The first kappa shape index (κ1) is 17.4. The monoisotopic (exact) mass is 360 g/mol. The first-order valence-corrected chi connectivity index (χ1v) is 9.19. The smallest absolute Gasteiger partial charge is 0.241 e. The molecule has 0 saturated carbocycles. The Balaban J connectivity index is 1.73. The molecule has 0 unspecified atom stereocenters. The van der Waals surface area contributed by atoms with E-state index in [0.717, 1.165) is 17.0 Å². The zero-order valence-electron chi connectivity index (χ0n) is 15.7. The molecule has 1 amide bonds. The summed E-state index contributed by atoms with van der Waals surface area (Å²) in [5.74, 6) is 0.848. The molecule has 1 N–H and O–H groups in total. The third kappa shape index (κ3) is 2.64. The first-order chi connectivity index (χ1) is 13.0. The van der Waals surface area contributed by atoms with E-state index in [1.165, 1.54) is 5.56 Å². The summed E-state index contributed by atoms with van der Waals surface area (Å²) in [6.07, 6.45) is 5.91. The van der Waals surface area contributed by atoms with Gasteiger partial charge < -0.3 is 15.0 Å². The number of anilines is 1. The Hall–Kier alpha value is -3.01. The van der Waals surface area contributed by atoms with E-state index >= 15 is 0 Å². The molecule has 2 aliphatic heterocycles. The van der Waals surface area contributed by atoms with Gasteiger partial charge in [-0.25, -0.2) is 0 Å². The van der Waals surface area contributed by atoms with Gasteiger partial charge in [0.1, 0.15) is 18.0 Å². The Morgan fingerprint density at radius 3 is 2.85 bits per heavy atom. The fourth-order valence-corrected chi connectivity index (χ4v) is 4.22. The van der Waals surface area contributed by atoms with Gasteiger partial charge in [-0.15, -0.1) is 0 Å². The number of carbonyl (C=O) groups is 1. The topological polar surface area (TPSA) is 41.6 Å². The molecule has 1 atom stereocenters. The summed E-state index contributed by atoms with van der Waals surface area (Å²) in [6, 6.07) is 16.3. The van der Waals surface area contributed by atoms with E-state index in [2.05, 4.69) is 61.0 Å². The maximum atomic E-state index is 12.3. The highest BCUT2D eigenvalue weighted by atomic mass is 16.5. The lowest BCUT2D eigenvalue weighted by molar-refractivity contribution is -0.118. The zero-order valence-corrected chi connectivity index (χ0v) is 15.7. The number of carbonyl (C=O) groups excluding carboxylic acids is 1. The molecule has 0 bridgehead atoms. The minimum atomic E-state index is -0.578. The molecule has 0 aliphatic carbocycles. The number of amides is 1. The van der Waals surface area contributed by atoms with Gasteiger partial charge in [-0.05, 0) is 35.4 Å². The van der Waals surface area contributed by atoms with Crippen LogP contribution in [0.2, 0.25) is 0 Å². The Labute approximate surface area is 160 Å². The lowest BCUT2D eigenvalue weighted by Gasteiger charge is -2.40. The summed E-state index contributed by atoms with van der Waals surface area (Å²) >= 11 is 0. The van der Waals surface area contributed by atoms with Crippen molar-refractivity contribution in [1.29, 1.82) is 0 Å². The van der Waals surface area contributed by atoms with Gasteiger partial charge in [0.15, 0.2) is 0 Å². The Bertz CT molecular complexity index is 931. The molecule has 0 aromatic heterocycles. The maximum Gasteiger partial charge on any atom is 0.241 e. The Morgan fingerprint density at radius 2 is 2.04 bits per heavy atom. The summed E-state index contributed by atoms with van der Waals surface area (Å²) in [5.41, 5.74) is 2.56. The minimum Gasteiger partial charge on any atom is -0.490 e. The molecule has 27 heavy (non-hydrogen) atoms. The SMILES string of the molecule is C=CCOc1cccc(C=C[C@@]23NC(=O)CN2c2ccccc2C3(C)C)c1. The van der Waals surface area contributed by atoms with Crippen LogP contribution in [0.1, 0.15) is 25.0 Å². The van der Waals surface area contributed by atoms with Gasteiger partial charge in [0.05, 0.1) is 6.54 Å². The molecule has 4 rings (SSSR count). The highest BCUT2D eigenvalue weighted by Gasteiger charge is 2.59. The van der Waals surface area contributed by atoms with Crippen molar-refractivity contribution in [3.05, 3.63) is 78.4 Å². The van der Waals surface area contributed by atoms with Gasteiger partial charge in [0, 0.05) is 11.1 Å². The van der Waals surface area contributed by atoms with Gasteiger partial charge in [-0.2, -0.15) is 0 Å². The third-order valence-corrected chi connectivity index (χ3v) is 5.62. The van der Waals surface area contributed by atoms with Crippen LogP contribution < -0.4 is 15.0 Å². The van der Waals surface area contributed by atoms with E-state index in [0.29, 0.717) is 13.2 Å². The average molecular weight is 360 g/mol. The third-order valence-electron chi connectivity index (χ3n) is 5.62. The van der Waals surface area contributed by atoms with Crippen molar-refractivity contribution in [1.82, 2.24) is 5.32 Å². The molecular formula is C23H24N2O2. The number of benzene rings is 2. The van der Waals surface area contributed by atoms with Gasteiger partial charge in [0.2, 0.25) is 5.91 Å². The summed E-state index contributed by atoms with van der Waals surface area (Å²) in [5, 5.41) is 3.24. The van der Waals surface area contributed by atoms with Gasteiger partial charge in [-0.3, -0.25) is 4.79 Å². The van der Waals surface area contributed by atoms with Crippen LogP contribution in [-0.2, 0) is 10.2 Å². The molecule has 138 valence electrons. The first-order valence-electron chi connectivity index (χ1n) is 9.19. The molecule has 4 heteroatoms. The summed E-state index contributed by atoms with van der Waals surface area (Å²) in [7, 11) is 0. The fraction of sp³-hybridized carbons (Fsp3) is 0.261. The van der Waals surface area contributed by atoms with Crippen LogP contribution in [0.3, 0.4) is 0 Å². The van der Waals surface area contributed by atoms with Crippen LogP contribution in [0.15, 0.2) is 67.3 Å². The van der Waals surface area contributed by atoms with Crippen molar-refractivity contribution in [2.45, 2.75) is 24.9 Å². The number of fused-ring (bicyclic) bond motifs is 3. The summed E-state index contributed by atoms with van der Waals surface area (Å²) in [6.45, 7) is 8.90. The molecule has 4 nitrogen and oxygen atoms in total. The van der Waals surface area contributed by atoms with Crippen LogP contribution in [0.4, 0.5) is 5.69 Å². The van der Waals surface area contributed by atoms with E-state index in [1.54, 1.807) is 6.08 Å². The molecule has 0 spiro atoms. The normalized spacial score (nSPS) is 22.4. The Morgan fingerprint density at radius 1 is 1.22 bits per heavy atom. The quantitative estimate of drug-likeness (QED) is 0.823. The van der Waals surface area contributed by atoms with Crippen LogP contribution in [0.25, 0.3) is 6.08 Å². The van der Waals surface area contributed by atoms with Crippen LogP contribution in [0, 0.1) is 0 Å². The molecular weight excluding hydrogens is 336 g/mol. The van der Waals surface area contributed by atoms with Gasteiger partial charge in [-0.1, -0.05) is 62.9 Å². The number of nitrogens with one attached hydrogen (secondary N) is 1. The predicted octanol–water partition coefficient (Wildman–Crippen LogP) is 3.89. The van der Waals surface area contributed by atoms with Crippen molar-refractivity contribution < 1.29 is 9.53 Å². The molecule has 1 fully saturated rings. The van der Waals surface area contributed by atoms with E-state index in [1.807, 2.05) is 30.3 Å². The van der Waals surface area contributed by atoms with Crippen molar-refractivity contribution in [2.75, 3.05) is 18.1 Å². The number of rotatable bonds is 5. The lowest BCUT2D eigenvalue weighted by Crippen LogP contribution is -2.58. The van der Waals surface area contributed by atoms with Crippen LogP contribution in [0.5, 0.6) is 5.75 Å². The van der Waals surface area contributed by atoms with Crippen LogP contribution >= 0.6 is 0 Å². The van der Waals surface area contributed by atoms with Gasteiger partial charge >= 0.3 is 0 Å².